The van der Waals surface area contributed by atoms with E-state index in [0.29, 0.717) is 12.1 Å². The largest absolute Gasteiger partial charge is 0.326 e. The van der Waals surface area contributed by atoms with E-state index in [-0.39, 0.29) is 5.41 Å². The molecule has 1 aliphatic rings. The Kier molecular flexibility index (Phi) is 3.55. The molecule has 0 spiro atoms. The van der Waals surface area contributed by atoms with Crippen LogP contribution >= 0.6 is 0 Å². The molecule has 2 heteroatoms. The molecule has 1 fully saturated rings. The van der Waals surface area contributed by atoms with E-state index in [1.165, 1.54) is 5.56 Å². The first-order chi connectivity index (χ1) is 7.98. The van der Waals surface area contributed by atoms with Crippen molar-refractivity contribution in [3.05, 3.63) is 35.9 Å². The van der Waals surface area contributed by atoms with Gasteiger partial charge in [0.1, 0.15) is 0 Å². The Morgan fingerprint density at radius 1 is 1.24 bits per heavy atom. The van der Waals surface area contributed by atoms with Gasteiger partial charge in [0.2, 0.25) is 0 Å². The summed E-state index contributed by atoms with van der Waals surface area (Å²) in [4.78, 5) is 2.54. The first-order valence-corrected chi connectivity index (χ1v) is 6.52. The van der Waals surface area contributed by atoms with Gasteiger partial charge in [-0.3, -0.25) is 4.90 Å². The van der Waals surface area contributed by atoms with Gasteiger partial charge in [0.15, 0.2) is 0 Å². The van der Waals surface area contributed by atoms with Crippen LogP contribution in [0.2, 0.25) is 0 Å². The van der Waals surface area contributed by atoms with E-state index in [1.54, 1.807) is 0 Å². The molecule has 0 unspecified atom stereocenters. The molecule has 0 aliphatic carbocycles. The molecule has 1 aliphatic heterocycles. The van der Waals surface area contributed by atoms with E-state index in [9.17, 15) is 0 Å². The van der Waals surface area contributed by atoms with Crippen molar-refractivity contribution in [1.29, 1.82) is 0 Å². The van der Waals surface area contributed by atoms with Crippen LogP contribution in [0.5, 0.6) is 0 Å². The zero-order valence-corrected chi connectivity index (χ0v) is 11.2. The maximum Gasteiger partial charge on any atom is 0.0299 e. The Labute approximate surface area is 105 Å². The molecule has 1 aromatic carbocycles. The van der Waals surface area contributed by atoms with Gasteiger partial charge >= 0.3 is 0 Å². The van der Waals surface area contributed by atoms with Crippen molar-refractivity contribution in [3.8, 4) is 0 Å². The fraction of sp³-hybridized carbons (Fsp3) is 0.600. The molecule has 94 valence electrons. The average molecular weight is 232 g/mol. The number of likely N-dealkylation sites (tertiary alicyclic amines) is 1. The molecule has 2 N–H and O–H groups in total. The minimum Gasteiger partial charge on any atom is -0.326 e. The summed E-state index contributed by atoms with van der Waals surface area (Å²) in [5, 5.41) is 0. The van der Waals surface area contributed by atoms with Crippen LogP contribution in [-0.2, 0) is 6.54 Å². The molecule has 2 rings (SSSR count). The summed E-state index contributed by atoms with van der Waals surface area (Å²) < 4.78 is 0. The average Bonchev–Trinajstić information content (AvgIpc) is 2.60. The molecular formula is C15H24N2. The van der Waals surface area contributed by atoms with Crippen LogP contribution in [0.1, 0.15) is 32.8 Å². The second-order valence-electron chi connectivity index (χ2n) is 6.22. The fourth-order valence-electron chi connectivity index (χ4n) is 3.07. The maximum absolute atomic E-state index is 6.27. The van der Waals surface area contributed by atoms with E-state index >= 15 is 0 Å². The van der Waals surface area contributed by atoms with E-state index in [2.05, 4.69) is 56.0 Å². The molecule has 17 heavy (non-hydrogen) atoms. The predicted molar refractivity (Wildman–Crippen MR) is 72.7 cm³/mol. The van der Waals surface area contributed by atoms with Crippen molar-refractivity contribution < 1.29 is 0 Å². The zero-order chi connectivity index (χ0) is 12.5. The van der Waals surface area contributed by atoms with Crippen LogP contribution in [0.4, 0.5) is 0 Å². The van der Waals surface area contributed by atoms with Crippen LogP contribution in [0, 0.1) is 5.41 Å². The summed E-state index contributed by atoms with van der Waals surface area (Å²) >= 11 is 0. The van der Waals surface area contributed by atoms with Gasteiger partial charge in [-0.05, 0) is 17.4 Å². The Balaban J connectivity index is 2.11. The van der Waals surface area contributed by atoms with Crippen LogP contribution in [0.25, 0.3) is 0 Å². The summed E-state index contributed by atoms with van der Waals surface area (Å²) in [6.07, 6.45) is 1.12. The van der Waals surface area contributed by atoms with E-state index < -0.39 is 0 Å². The molecular weight excluding hydrogens is 208 g/mol. The van der Waals surface area contributed by atoms with Crippen molar-refractivity contribution in [2.24, 2.45) is 11.1 Å². The first-order valence-electron chi connectivity index (χ1n) is 6.52. The van der Waals surface area contributed by atoms with Crippen molar-refractivity contribution >= 4 is 0 Å². The van der Waals surface area contributed by atoms with Crippen LogP contribution in [-0.4, -0.2) is 23.5 Å². The number of nitrogens with zero attached hydrogens (tertiary/aromatic N) is 1. The molecule has 0 amide bonds. The van der Waals surface area contributed by atoms with Gasteiger partial charge in [0.05, 0.1) is 0 Å². The highest BCUT2D eigenvalue weighted by Crippen LogP contribution is 2.32. The minimum absolute atomic E-state index is 0.255. The second-order valence-corrected chi connectivity index (χ2v) is 6.22. The summed E-state index contributed by atoms with van der Waals surface area (Å²) in [6.45, 7) is 9.02. The predicted octanol–water partition coefficient (Wildman–Crippen LogP) is 2.63. The Bertz CT molecular complexity index is 353. The summed E-state index contributed by atoms with van der Waals surface area (Å²) in [6, 6.07) is 11.5. The summed E-state index contributed by atoms with van der Waals surface area (Å²) in [7, 11) is 0. The third-order valence-electron chi connectivity index (χ3n) is 3.66. The number of nitrogens with two attached hydrogens (primary N) is 1. The normalized spacial score (nSPS) is 26.4. The summed E-state index contributed by atoms with van der Waals surface area (Å²) in [5.41, 5.74) is 7.91. The molecule has 2 nitrogen and oxygen atoms in total. The van der Waals surface area contributed by atoms with Gasteiger partial charge in [0, 0.05) is 25.2 Å². The van der Waals surface area contributed by atoms with Crippen molar-refractivity contribution in [2.45, 2.75) is 45.8 Å². The first kappa shape index (κ1) is 12.6. The second kappa shape index (κ2) is 4.79. The molecule has 0 aromatic heterocycles. The molecule has 1 heterocycles. The van der Waals surface area contributed by atoms with Crippen LogP contribution in [0.3, 0.4) is 0 Å². The minimum atomic E-state index is 0.255. The molecule has 0 saturated carbocycles. The highest BCUT2D eigenvalue weighted by molar-refractivity contribution is 5.15. The van der Waals surface area contributed by atoms with Crippen LogP contribution in [0.15, 0.2) is 30.3 Å². The fourth-order valence-corrected chi connectivity index (χ4v) is 3.07. The molecule has 1 aromatic rings. The monoisotopic (exact) mass is 232 g/mol. The Hall–Kier alpha value is -0.860. The third-order valence-corrected chi connectivity index (χ3v) is 3.66. The highest BCUT2D eigenvalue weighted by Gasteiger charge is 2.39. The molecule has 1 saturated heterocycles. The lowest BCUT2D eigenvalue weighted by molar-refractivity contribution is 0.124. The zero-order valence-electron chi connectivity index (χ0n) is 11.2. The standard InChI is InChI=1S/C15H24N2/c1-15(2,3)14-13(16)9-10-17(14)11-12-7-5-4-6-8-12/h4-8,13-14H,9-11,16H2,1-3H3/t13-,14-/m1/s1. The number of hydrogen-bond acceptors (Lipinski definition) is 2. The van der Waals surface area contributed by atoms with Gasteiger partial charge in [-0.25, -0.2) is 0 Å². The number of benzene rings is 1. The van der Waals surface area contributed by atoms with Crippen molar-refractivity contribution in [1.82, 2.24) is 4.90 Å². The van der Waals surface area contributed by atoms with Crippen molar-refractivity contribution in [3.63, 3.8) is 0 Å². The van der Waals surface area contributed by atoms with E-state index in [1.807, 2.05) is 0 Å². The van der Waals surface area contributed by atoms with Crippen molar-refractivity contribution in [2.75, 3.05) is 6.54 Å². The van der Waals surface area contributed by atoms with Crippen LogP contribution < -0.4 is 5.73 Å². The highest BCUT2D eigenvalue weighted by atomic mass is 15.2. The lowest BCUT2D eigenvalue weighted by Gasteiger charge is -2.37. The molecule has 2 atom stereocenters. The number of hydrogen-bond donors (Lipinski definition) is 1. The van der Waals surface area contributed by atoms with E-state index in [4.69, 9.17) is 5.73 Å². The quantitative estimate of drug-likeness (QED) is 0.849. The van der Waals surface area contributed by atoms with Gasteiger partial charge < -0.3 is 5.73 Å². The van der Waals surface area contributed by atoms with Gasteiger partial charge in [-0.2, -0.15) is 0 Å². The maximum atomic E-state index is 6.27. The smallest absolute Gasteiger partial charge is 0.0299 e. The van der Waals surface area contributed by atoms with Gasteiger partial charge in [-0.15, -0.1) is 0 Å². The van der Waals surface area contributed by atoms with Gasteiger partial charge in [-0.1, -0.05) is 51.1 Å². The summed E-state index contributed by atoms with van der Waals surface area (Å²) in [5.74, 6) is 0. The number of rotatable bonds is 2. The van der Waals surface area contributed by atoms with E-state index in [0.717, 1.165) is 19.5 Å². The third kappa shape index (κ3) is 2.88. The molecule has 0 radical (unpaired) electrons. The SMILES string of the molecule is CC(C)(C)[C@H]1[C@H](N)CCN1Cc1ccccc1. The lowest BCUT2D eigenvalue weighted by Crippen LogP contribution is -2.47. The molecule has 0 bridgehead atoms. The Morgan fingerprint density at radius 3 is 2.47 bits per heavy atom. The Morgan fingerprint density at radius 2 is 1.88 bits per heavy atom. The lowest BCUT2D eigenvalue weighted by atomic mass is 9.83. The topological polar surface area (TPSA) is 29.3 Å². The van der Waals surface area contributed by atoms with Gasteiger partial charge in [0.25, 0.3) is 0 Å².